The van der Waals surface area contributed by atoms with Crippen LogP contribution >= 0.6 is 15.9 Å². The van der Waals surface area contributed by atoms with Gasteiger partial charge in [-0.2, -0.15) is 0 Å². The Hall–Kier alpha value is -1.29. The highest BCUT2D eigenvalue weighted by Gasteiger charge is 2.65. The van der Waals surface area contributed by atoms with Crippen LogP contribution < -0.4 is 4.74 Å². The molecule has 7 atom stereocenters. The number of halogens is 1. The summed E-state index contributed by atoms with van der Waals surface area (Å²) in [5, 5.41) is 0.390. The Morgan fingerprint density at radius 3 is 2.12 bits per heavy atom. The minimum Gasteiger partial charge on any atom is -0.497 e. The number of carbonyl (C=O) groups is 2. The molecule has 1 aliphatic heterocycles. The number of benzene rings is 1. The first-order valence-corrected chi connectivity index (χ1v) is 24.1. The van der Waals surface area contributed by atoms with E-state index in [9.17, 15) is 9.59 Å². The molecule has 1 aromatic rings. The number of ether oxygens (including phenoxy) is 5. The highest BCUT2D eigenvalue weighted by Crippen LogP contribution is 2.51. The van der Waals surface area contributed by atoms with Gasteiger partial charge in [-0.15, -0.1) is 0 Å². The van der Waals surface area contributed by atoms with E-state index >= 15 is 0 Å². The minimum atomic E-state index is -2.43. The number of carbonyl (C=O) groups excluding carboxylic acids is 2. The molecule has 0 N–H and O–H groups in total. The van der Waals surface area contributed by atoms with Gasteiger partial charge in [-0.25, -0.2) is 4.79 Å². The number of epoxide rings is 1. The zero-order valence-corrected chi connectivity index (χ0v) is 35.1. The van der Waals surface area contributed by atoms with Crippen molar-refractivity contribution in [3.8, 4) is 5.75 Å². The van der Waals surface area contributed by atoms with E-state index in [2.05, 4.69) is 84.4 Å². The van der Waals surface area contributed by atoms with Crippen molar-refractivity contribution in [2.45, 2.75) is 129 Å². The molecular weight excluding hydrogens is 712 g/mol. The molecule has 0 radical (unpaired) electrons. The number of aldehydes is 1. The summed E-state index contributed by atoms with van der Waals surface area (Å²) < 4.78 is 43.6. The fourth-order valence-corrected chi connectivity index (χ4v) is 10.6. The van der Waals surface area contributed by atoms with E-state index in [0.29, 0.717) is 18.5 Å². The van der Waals surface area contributed by atoms with Crippen LogP contribution in [-0.4, -0.2) is 85.2 Å². The van der Waals surface area contributed by atoms with Crippen LogP contribution in [0.3, 0.4) is 0 Å². The molecule has 0 saturated carbocycles. The summed E-state index contributed by atoms with van der Waals surface area (Å²) in [5.74, 6) is -0.109. The maximum atomic E-state index is 12.7. The van der Waals surface area contributed by atoms with Gasteiger partial charge in [-0.05, 0) is 60.9 Å². The lowest BCUT2D eigenvalue weighted by atomic mass is 9.80. The lowest BCUT2D eigenvalue weighted by Crippen LogP contribution is -2.57. The van der Waals surface area contributed by atoms with E-state index in [-0.39, 0.29) is 30.3 Å². The number of alkyl halides is 1. The summed E-state index contributed by atoms with van der Waals surface area (Å²) in [6.07, 6.45) is -1.05. The maximum Gasteiger partial charge on any atom is 0.508 e. The van der Waals surface area contributed by atoms with Crippen LogP contribution in [0.2, 0.25) is 36.3 Å². The summed E-state index contributed by atoms with van der Waals surface area (Å²) in [5.41, 5.74) is 0.328. The first-order valence-electron chi connectivity index (χ1n) is 17.5. The molecule has 9 nitrogen and oxygen atoms in total. The van der Waals surface area contributed by atoms with Crippen LogP contribution in [0.5, 0.6) is 5.75 Å². The van der Waals surface area contributed by atoms with Crippen LogP contribution in [0.15, 0.2) is 24.3 Å². The van der Waals surface area contributed by atoms with Crippen LogP contribution in [0.4, 0.5) is 4.79 Å². The van der Waals surface area contributed by atoms with E-state index in [1.54, 1.807) is 7.11 Å². The molecule has 1 aromatic carbocycles. The van der Waals surface area contributed by atoms with Crippen molar-refractivity contribution in [2.24, 2.45) is 17.8 Å². The molecule has 0 unspecified atom stereocenters. The SMILES string of the molecule is CC[Si](CC)(CC)O[C@@H]([C@H](COC(=O)OCCBr)[C@H](O[Si](C)(C)C(C)(C)C)[C@]1(C)O[C@@H]1[C@@H](C)COCc1ccc(OC)cc1)[C@@H](C)C=O. The van der Waals surface area contributed by atoms with E-state index in [4.69, 9.17) is 32.5 Å². The summed E-state index contributed by atoms with van der Waals surface area (Å²) in [6, 6.07) is 10.6. The molecule has 48 heavy (non-hydrogen) atoms. The van der Waals surface area contributed by atoms with E-state index in [1.165, 1.54) is 0 Å². The molecule has 0 aromatic heterocycles. The molecule has 0 amide bonds. The normalized spacial score (nSPS) is 21.5. The molecule has 1 fully saturated rings. The van der Waals surface area contributed by atoms with Crippen molar-refractivity contribution in [1.82, 2.24) is 0 Å². The fraction of sp³-hybridized carbons (Fsp3) is 0.778. The van der Waals surface area contributed by atoms with Gasteiger partial charge < -0.3 is 37.3 Å². The largest absolute Gasteiger partial charge is 0.508 e. The minimum absolute atomic E-state index is 0.0289. The van der Waals surface area contributed by atoms with E-state index in [1.807, 2.05) is 31.2 Å². The smallest absolute Gasteiger partial charge is 0.497 e. The quantitative estimate of drug-likeness (QED) is 0.0376. The maximum absolute atomic E-state index is 12.7. The Morgan fingerprint density at radius 2 is 1.62 bits per heavy atom. The zero-order chi connectivity index (χ0) is 36.3. The zero-order valence-electron chi connectivity index (χ0n) is 31.6. The van der Waals surface area contributed by atoms with Crippen molar-refractivity contribution >= 4 is 45.0 Å². The Labute approximate surface area is 300 Å². The molecule has 1 aliphatic rings. The first kappa shape index (κ1) is 42.9. The molecule has 276 valence electrons. The predicted molar refractivity (Wildman–Crippen MR) is 199 cm³/mol. The van der Waals surface area contributed by atoms with Gasteiger partial charge >= 0.3 is 6.16 Å². The Balaban J connectivity index is 2.52. The third-order valence-electron chi connectivity index (χ3n) is 10.6. The standard InChI is InChI=1S/C36H63BrO9Si2/c1-13-48(14-2,15-3)45-31(26(4)22-38)30(25-43-34(39)42-21-20-37)33(46-47(11,12)35(6,7)8)36(9)32(44-36)27(5)23-41-24-28-16-18-29(40-10)19-17-28/h16-19,22,26-27,30-33H,13-15,20-21,23-25H2,1-12H3/t26-,27-,30-,31+,32+,33-,36+/m0/s1. The molecule has 12 heteroatoms. The second-order valence-electron chi connectivity index (χ2n) is 14.9. The topological polar surface area (TPSA) is 102 Å². The summed E-state index contributed by atoms with van der Waals surface area (Å²) in [7, 11) is -3.00. The number of methoxy groups -OCH3 is 1. The average Bonchev–Trinajstić information content (AvgIpc) is 3.76. The van der Waals surface area contributed by atoms with Gasteiger partial charge in [0.25, 0.3) is 0 Å². The van der Waals surface area contributed by atoms with Crippen LogP contribution in [0.25, 0.3) is 0 Å². The van der Waals surface area contributed by atoms with Crippen molar-refractivity contribution in [2.75, 3.05) is 32.3 Å². The van der Waals surface area contributed by atoms with Gasteiger partial charge in [0, 0.05) is 23.1 Å². The molecule has 0 bridgehead atoms. The van der Waals surface area contributed by atoms with Gasteiger partial charge in [0.05, 0.1) is 38.6 Å². The Kier molecular flexibility index (Phi) is 16.8. The lowest BCUT2D eigenvalue weighted by molar-refractivity contribution is -0.117. The van der Waals surface area contributed by atoms with Crippen molar-refractivity contribution in [3.05, 3.63) is 29.8 Å². The number of hydrogen-bond donors (Lipinski definition) is 0. The van der Waals surface area contributed by atoms with Crippen molar-refractivity contribution in [3.63, 3.8) is 0 Å². The van der Waals surface area contributed by atoms with Gasteiger partial charge in [0.1, 0.15) is 30.9 Å². The molecule has 1 heterocycles. The third-order valence-corrected chi connectivity index (χ3v) is 20.0. The summed E-state index contributed by atoms with van der Waals surface area (Å²) in [6.45, 7) is 24.8. The third kappa shape index (κ3) is 11.4. The predicted octanol–water partition coefficient (Wildman–Crippen LogP) is 8.79. The van der Waals surface area contributed by atoms with Crippen LogP contribution in [-0.2, 0) is 39.2 Å². The number of rotatable bonds is 22. The average molecular weight is 776 g/mol. The second kappa shape index (κ2) is 18.8. The molecular formula is C36H63BrO9Si2. The highest BCUT2D eigenvalue weighted by molar-refractivity contribution is 9.09. The van der Waals surface area contributed by atoms with Crippen molar-refractivity contribution in [1.29, 1.82) is 0 Å². The fourth-order valence-electron chi connectivity index (χ4n) is 6.08. The lowest BCUT2D eigenvalue weighted by Gasteiger charge is -2.46. The summed E-state index contributed by atoms with van der Waals surface area (Å²) >= 11 is 3.30. The van der Waals surface area contributed by atoms with E-state index in [0.717, 1.165) is 35.7 Å². The van der Waals surface area contributed by atoms with E-state index < -0.39 is 52.4 Å². The highest BCUT2D eigenvalue weighted by atomic mass is 79.9. The Bertz CT molecular complexity index is 1120. The van der Waals surface area contributed by atoms with Gasteiger partial charge in [0.2, 0.25) is 0 Å². The van der Waals surface area contributed by atoms with Gasteiger partial charge in [0.15, 0.2) is 16.6 Å². The number of hydrogen-bond acceptors (Lipinski definition) is 9. The molecule has 0 aliphatic carbocycles. The monoisotopic (exact) mass is 774 g/mol. The van der Waals surface area contributed by atoms with Crippen molar-refractivity contribution < 1.29 is 42.1 Å². The first-order chi connectivity index (χ1) is 22.5. The van der Waals surface area contributed by atoms with Crippen LogP contribution in [0.1, 0.15) is 67.9 Å². The van der Waals surface area contributed by atoms with Gasteiger partial charge in [-0.1, -0.05) is 83.5 Å². The molecule has 2 rings (SSSR count). The summed E-state index contributed by atoms with van der Waals surface area (Å²) in [4.78, 5) is 25.3. The Morgan fingerprint density at radius 1 is 1.02 bits per heavy atom. The van der Waals surface area contributed by atoms with Crippen LogP contribution in [0, 0.1) is 17.8 Å². The second-order valence-corrected chi connectivity index (χ2v) is 25.2. The molecule has 0 spiro atoms. The molecule has 1 saturated heterocycles. The van der Waals surface area contributed by atoms with Gasteiger partial charge in [-0.3, -0.25) is 0 Å².